The molecule has 2 rings (SSSR count). The van der Waals surface area contributed by atoms with Crippen molar-refractivity contribution >= 4 is 0 Å². The van der Waals surface area contributed by atoms with E-state index in [0.717, 1.165) is 25.7 Å². The van der Waals surface area contributed by atoms with E-state index in [9.17, 15) is 26.3 Å². The Kier molecular flexibility index (Phi) is 15.6. The van der Waals surface area contributed by atoms with Gasteiger partial charge in [0, 0.05) is 0 Å². The van der Waals surface area contributed by atoms with Crippen molar-refractivity contribution in [1.82, 2.24) is 0 Å². The minimum atomic E-state index is -5.26. The van der Waals surface area contributed by atoms with Crippen LogP contribution in [0.2, 0.25) is 0 Å². The highest BCUT2D eigenvalue weighted by Crippen LogP contribution is 2.65. The fraction of sp³-hybridized carbons (Fsp3) is 1.00. The molecule has 0 aromatic heterocycles. The van der Waals surface area contributed by atoms with Crippen LogP contribution in [0.25, 0.3) is 0 Å². The standard InChI is InChI=1S/C25H42F6.2C2H6/c1-5-17(3)15-19-7-11-21(12-8-19)23(24(26,27)28,25(29,30)31)22-13-9-20(10-14-22)16-18(4)6-2;2*1-2/h17-22H,5-16H2,1-4H3;2*1-2H3. The molecule has 0 saturated heterocycles. The number of halogens is 6. The summed E-state index contributed by atoms with van der Waals surface area (Å²) in [6.07, 6.45) is -4.54. The molecule has 0 nitrogen and oxygen atoms in total. The van der Waals surface area contributed by atoms with Crippen LogP contribution >= 0.6 is 0 Å². The molecule has 35 heavy (non-hydrogen) atoms. The van der Waals surface area contributed by atoms with Crippen LogP contribution in [0, 0.1) is 40.9 Å². The van der Waals surface area contributed by atoms with Crippen molar-refractivity contribution in [3.8, 4) is 0 Å². The second-order valence-electron chi connectivity index (χ2n) is 10.8. The van der Waals surface area contributed by atoms with E-state index in [1.807, 2.05) is 27.7 Å². The van der Waals surface area contributed by atoms with Gasteiger partial charge in [0.05, 0.1) is 0 Å². The van der Waals surface area contributed by atoms with Gasteiger partial charge in [-0.2, -0.15) is 26.3 Å². The SMILES string of the molecule is CC.CC.CCC(C)CC1CCC(C(C2CCC(CC(C)CC)CC2)(C(F)(F)F)C(F)(F)F)CC1. The predicted molar refractivity (Wildman–Crippen MR) is 136 cm³/mol. The molecule has 2 atom stereocenters. The lowest BCUT2D eigenvalue weighted by molar-refractivity contribution is -0.382. The van der Waals surface area contributed by atoms with Crippen LogP contribution in [0.5, 0.6) is 0 Å². The molecule has 0 heterocycles. The summed E-state index contributed by atoms with van der Waals surface area (Å²) >= 11 is 0. The zero-order valence-corrected chi connectivity index (χ0v) is 23.7. The van der Waals surface area contributed by atoms with Crippen molar-refractivity contribution in [3.63, 3.8) is 0 Å². The summed E-state index contributed by atoms with van der Waals surface area (Å²) in [7, 11) is 0. The van der Waals surface area contributed by atoms with E-state index in [1.165, 1.54) is 0 Å². The lowest BCUT2D eigenvalue weighted by Crippen LogP contribution is -2.60. The number of hydrogen-bond acceptors (Lipinski definition) is 0. The van der Waals surface area contributed by atoms with Gasteiger partial charge >= 0.3 is 12.4 Å². The lowest BCUT2D eigenvalue weighted by atomic mass is 9.55. The summed E-state index contributed by atoms with van der Waals surface area (Å²) < 4.78 is 86.7. The van der Waals surface area contributed by atoms with Crippen LogP contribution in [0.1, 0.15) is 132 Å². The molecule has 0 aromatic carbocycles. The van der Waals surface area contributed by atoms with Crippen LogP contribution in [0.3, 0.4) is 0 Å². The van der Waals surface area contributed by atoms with E-state index in [4.69, 9.17) is 0 Å². The zero-order valence-electron chi connectivity index (χ0n) is 23.7. The minimum Gasteiger partial charge on any atom is -0.170 e. The van der Waals surface area contributed by atoms with Gasteiger partial charge < -0.3 is 0 Å². The molecule has 6 heteroatoms. The molecular formula is C29H54F6. The monoisotopic (exact) mass is 516 g/mol. The highest BCUT2D eigenvalue weighted by atomic mass is 19.4. The third kappa shape index (κ3) is 8.83. The third-order valence-corrected chi connectivity index (χ3v) is 8.78. The molecule has 0 radical (unpaired) electrons. The van der Waals surface area contributed by atoms with Crippen molar-refractivity contribution in [3.05, 3.63) is 0 Å². The maximum Gasteiger partial charge on any atom is 0.403 e. The Balaban J connectivity index is 0.00000274. The highest BCUT2D eigenvalue weighted by Gasteiger charge is 2.76. The maximum atomic E-state index is 14.4. The van der Waals surface area contributed by atoms with Crippen LogP contribution < -0.4 is 0 Å². The normalized spacial score (nSPS) is 27.6. The van der Waals surface area contributed by atoms with Gasteiger partial charge in [-0.15, -0.1) is 0 Å². The second-order valence-corrected chi connectivity index (χ2v) is 10.8. The second kappa shape index (κ2) is 15.7. The van der Waals surface area contributed by atoms with Crippen molar-refractivity contribution in [2.75, 3.05) is 0 Å². The molecule has 0 aromatic rings. The molecule has 2 fully saturated rings. The predicted octanol–water partition coefficient (Wildman–Crippen LogP) is 11.6. The molecule has 2 unspecified atom stereocenters. The first-order valence-electron chi connectivity index (χ1n) is 14.5. The average molecular weight is 517 g/mol. The molecule has 2 aliphatic rings. The first-order valence-corrected chi connectivity index (χ1v) is 14.5. The third-order valence-electron chi connectivity index (χ3n) is 8.78. The van der Waals surface area contributed by atoms with Crippen LogP contribution in [-0.2, 0) is 0 Å². The van der Waals surface area contributed by atoms with Gasteiger partial charge in [0.15, 0.2) is 5.41 Å². The quantitative estimate of drug-likeness (QED) is 0.281. The topological polar surface area (TPSA) is 0 Å². The van der Waals surface area contributed by atoms with Gasteiger partial charge in [0.1, 0.15) is 0 Å². The molecule has 212 valence electrons. The van der Waals surface area contributed by atoms with Gasteiger partial charge in [0.25, 0.3) is 0 Å². The van der Waals surface area contributed by atoms with Crippen molar-refractivity contribution in [2.45, 2.75) is 145 Å². The number of alkyl halides is 6. The highest BCUT2D eigenvalue weighted by molar-refractivity contribution is 5.05. The molecule has 0 amide bonds. The lowest BCUT2D eigenvalue weighted by Gasteiger charge is -2.51. The van der Waals surface area contributed by atoms with Crippen molar-refractivity contribution in [1.29, 1.82) is 0 Å². The smallest absolute Gasteiger partial charge is 0.170 e. The molecule has 2 saturated carbocycles. The van der Waals surface area contributed by atoms with E-state index < -0.39 is 29.6 Å². The first kappa shape index (κ1) is 34.6. The maximum absolute atomic E-state index is 14.4. The Morgan fingerprint density at radius 2 is 0.800 bits per heavy atom. The van der Waals surface area contributed by atoms with Crippen LogP contribution in [0.4, 0.5) is 26.3 Å². The van der Waals surface area contributed by atoms with Crippen LogP contribution in [-0.4, -0.2) is 12.4 Å². The molecule has 0 aliphatic heterocycles. The van der Waals surface area contributed by atoms with Gasteiger partial charge in [-0.25, -0.2) is 0 Å². The Labute approximate surface area is 212 Å². The Morgan fingerprint density at radius 3 is 1.00 bits per heavy atom. The Morgan fingerprint density at radius 1 is 0.543 bits per heavy atom. The Bertz CT molecular complexity index is 474. The number of rotatable bonds is 8. The minimum absolute atomic E-state index is 0.0485. The average Bonchev–Trinajstić information content (AvgIpc) is 2.82. The van der Waals surface area contributed by atoms with Gasteiger partial charge in [-0.3, -0.25) is 0 Å². The van der Waals surface area contributed by atoms with E-state index in [-0.39, 0.29) is 37.5 Å². The van der Waals surface area contributed by atoms with Gasteiger partial charge in [-0.1, -0.05) is 93.9 Å². The first-order chi connectivity index (χ1) is 16.4. The Hall–Kier alpha value is -0.420. The largest absolute Gasteiger partial charge is 0.403 e. The molecule has 0 bridgehead atoms. The van der Waals surface area contributed by atoms with Crippen LogP contribution in [0.15, 0.2) is 0 Å². The van der Waals surface area contributed by atoms with E-state index in [1.54, 1.807) is 0 Å². The molecule has 2 aliphatic carbocycles. The summed E-state index contributed by atoms with van der Waals surface area (Å²) in [5.41, 5.74) is -3.54. The van der Waals surface area contributed by atoms with Gasteiger partial charge in [-0.05, 0) is 74.0 Å². The van der Waals surface area contributed by atoms with E-state index in [2.05, 4.69) is 27.7 Å². The molecular weight excluding hydrogens is 462 g/mol. The summed E-state index contributed by atoms with van der Waals surface area (Å²) in [4.78, 5) is 0. The van der Waals surface area contributed by atoms with Crippen molar-refractivity contribution in [2.24, 2.45) is 40.9 Å². The van der Waals surface area contributed by atoms with Crippen molar-refractivity contribution < 1.29 is 26.3 Å². The van der Waals surface area contributed by atoms with E-state index >= 15 is 0 Å². The zero-order chi connectivity index (χ0) is 27.4. The molecule has 0 N–H and O–H groups in total. The van der Waals surface area contributed by atoms with Gasteiger partial charge in [0.2, 0.25) is 0 Å². The summed E-state index contributed by atoms with van der Waals surface area (Å²) in [6, 6.07) is 0. The summed E-state index contributed by atoms with van der Waals surface area (Å²) in [5, 5.41) is 0. The fourth-order valence-electron chi connectivity index (χ4n) is 6.60. The molecule has 0 spiro atoms. The fourth-order valence-corrected chi connectivity index (χ4v) is 6.60. The summed E-state index contributed by atoms with van der Waals surface area (Å²) in [5.74, 6) is -1.21. The van der Waals surface area contributed by atoms with E-state index in [0.29, 0.717) is 37.5 Å². The number of hydrogen-bond donors (Lipinski definition) is 0. The summed E-state index contributed by atoms with van der Waals surface area (Å²) in [6.45, 7) is 16.4.